The summed E-state index contributed by atoms with van der Waals surface area (Å²) in [7, 11) is 0. The normalized spacial score (nSPS) is 15.4. The fourth-order valence-electron chi connectivity index (χ4n) is 2.57. The van der Waals surface area contributed by atoms with Crippen molar-refractivity contribution < 1.29 is 9.59 Å². The molecule has 1 atom stereocenters. The molecule has 1 fully saturated rings. The summed E-state index contributed by atoms with van der Waals surface area (Å²) in [5, 5.41) is 3.56. The van der Waals surface area contributed by atoms with E-state index in [4.69, 9.17) is 5.73 Å². The maximum Gasteiger partial charge on any atom is 0.242 e. The standard InChI is InChI=1S/C16H28N6O2S.2ClH/c1-4-12-19-16(25-20-12)22-7-5-6-21(8-9-22)13(23)10-18-15(24)14(17)11(2)3;;/h11,14H,4-10,17H2,1-3H3,(H,18,24);2*1H/t14-;;/m0../s1. The number of rotatable bonds is 6. The highest BCUT2D eigenvalue weighted by molar-refractivity contribution is 7.09. The first-order valence-electron chi connectivity index (χ1n) is 8.81. The number of halogens is 2. The van der Waals surface area contributed by atoms with Gasteiger partial charge in [0.2, 0.25) is 16.9 Å². The number of carbonyl (C=O) groups excluding carboxylic acids is 2. The zero-order valence-electron chi connectivity index (χ0n) is 16.0. The second-order valence-electron chi connectivity index (χ2n) is 6.56. The molecule has 1 aromatic rings. The van der Waals surface area contributed by atoms with Crippen LogP contribution in [0.5, 0.6) is 0 Å². The number of aromatic nitrogens is 2. The zero-order chi connectivity index (χ0) is 18.4. The number of nitrogens with two attached hydrogens (primary N) is 1. The predicted octanol–water partition coefficient (Wildman–Crippen LogP) is 1.08. The smallest absolute Gasteiger partial charge is 0.242 e. The first kappa shape index (κ1) is 25.8. The monoisotopic (exact) mass is 440 g/mol. The van der Waals surface area contributed by atoms with Gasteiger partial charge in [-0.05, 0) is 12.3 Å². The minimum Gasteiger partial charge on any atom is -0.346 e. The van der Waals surface area contributed by atoms with Gasteiger partial charge in [-0.15, -0.1) is 24.8 Å². The quantitative estimate of drug-likeness (QED) is 0.685. The Labute approximate surface area is 177 Å². The first-order chi connectivity index (χ1) is 11.9. The molecular weight excluding hydrogens is 411 g/mol. The molecule has 0 saturated carbocycles. The van der Waals surface area contributed by atoms with Crippen LogP contribution in [0.15, 0.2) is 0 Å². The van der Waals surface area contributed by atoms with Crippen LogP contribution in [0.3, 0.4) is 0 Å². The molecule has 1 aromatic heterocycles. The minimum absolute atomic E-state index is 0. The second kappa shape index (κ2) is 12.3. The van der Waals surface area contributed by atoms with Gasteiger partial charge in [-0.1, -0.05) is 20.8 Å². The molecule has 0 spiro atoms. The van der Waals surface area contributed by atoms with E-state index in [1.54, 1.807) is 4.90 Å². The SMILES string of the molecule is CCc1nsc(N2CCCN(C(=O)CNC(=O)[C@@H](N)C(C)C)CC2)n1.Cl.Cl. The summed E-state index contributed by atoms with van der Waals surface area (Å²) in [6.07, 6.45) is 1.69. The summed E-state index contributed by atoms with van der Waals surface area (Å²) in [4.78, 5) is 32.7. The lowest BCUT2D eigenvalue weighted by Gasteiger charge is -2.22. The number of anilines is 1. The number of hydrogen-bond acceptors (Lipinski definition) is 7. The molecule has 1 saturated heterocycles. The van der Waals surface area contributed by atoms with Crippen molar-refractivity contribution in [1.29, 1.82) is 0 Å². The van der Waals surface area contributed by atoms with Crippen molar-refractivity contribution in [2.75, 3.05) is 37.6 Å². The highest BCUT2D eigenvalue weighted by Gasteiger charge is 2.23. The van der Waals surface area contributed by atoms with Crippen LogP contribution in [0.1, 0.15) is 33.0 Å². The van der Waals surface area contributed by atoms with Gasteiger partial charge in [-0.3, -0.25) is 9.59 Å². The molecule has 0 aromatic carbocycles. The number of carbonyl (C=O) groups is 2. The Morgan fingerprint density at radius 2 is 1.93 bits per heavy atom. The number of amides is 2. The van der Waals surface area contributed by atoms with E-state index in [1.165, 1.54) is 11.5 Å². The lowest BCUT2D eigenvalue weighted by atomic mass is 10.1. The maximum atomic E-state index is 12.4. The zero-order valence-corrected chi connectivity index (χ0v) is 18.5. The first-order valence-corrected chi connectivity index (χ1v) is 9.58. The molecule has 1 aliphatic heterocycles. The molecule has 2 rings (SSSR count). The molecule has 27 heavy (non-hydrogen) atoms. The third-order valence-electron chi connectivity index (χ3n) is 4.33. The van der Waals surface area contributed by atoms with Crippen LogP contribution in [-0.2, 0) is 16.0 Å². The van der Waals surface area contributed by atoms with Crippen molar-refractivity contribution in [3.63, 3.8) is 0 Å². The van der Waals surface area contributed by atoms with Gasteiger partial charge in [0.25, 0.3) is 0 Å². The van der Waals surface area contributed by atoms with E-state index in [0.717, 1.165) is 36.9 Å². The van der Waals surface area contributed by atoms with Crippen LogP contribution in [0.25, 0.3) is 0 Å². The van der Waals surface area contributed by atoms with Crippen LogP contribution in [0.4, 0.5) is 5.13 Å². The van der Waals surface area contributed by atoms with Crippen LogP contribution >= 0.6 is 36.3 Å². The summed E-state index contributed by atoms with van der Waals surface area (Å²) in [5.74, 6) is 0.557. The van der Waals surface area contributed by atoms with Crippen LogP contribution in [0, 0.1) is 5.92 Å². The van der Waals surface area contributed by atoms with E-state index >= 15 is 0 Å². The number of aryl methyl sites for hydroxylation is 1. The summed E-state index contributed by atoms with van der Waals surface area (Å²) >= 11 is 1.41. The Bertz CT molecular complexity index is 601. The largest absolute Gasteiger partial charge is 0.346 e. The fraction of sp³-hybridized carbons (Fsp3) is 0.750. The Morgan fingerprint density at radius 3 is 2.52 bits per heavy atom. The van der Waals surface area contributed by atoms with Gasteiger partial charge < -0.3 is 20.9 Å². The summed E-state index contributed by atoms with van der Waals surface area (Å²) in [6.45, 7) is 8.68. The van der Waals surface area contributed by atoms with Gasteiger partial charge in [-0.25, -0.2) is 4.98 Å². The molecule has 1 aliphatic rings. The van der Waals surface area contributed by atoms with Crippen molar-refractivity contribution >= 4 is 53.3 Å². The van der Waals surface area contributed by atoms with Crippen molar-refractivity contribution in [2.24, 2.45) is 11.7 Å². The molecule has 11 heteroatoms. The predicted molar refractivity (Wildman–Crippen MR) is 113 cm³/mol. The van der Waals surface area contributed by atoms with E-state index in [-0.39, 0.29) is 49.1 Å². The van der Waals surface area contributed by atoms with Gasteiger partial charge in [0.1, 0.15) is 5.82 Å². The van der Waals surface area contributed by atoms with Gasteiger partial charge in [0.15, 0.2) is 0 Å². The van der Waals surface area contributed by atoms with Crippen molar-refractivity contribution in [3.05, 3.63) is 5.82 Å². The number of nitrogens with one attached hydrogen (secondary N) is 1. The van der Waals surface area contributed by atoms with E-state index in [0.29, 0.717) is 13.1 Å². The Hall–Kier alpha value is -1.16. The number of hydrogen-bond donors (Lipinski definition) is 2. The molecule has 0 bridgehead atoms. The van der Waals surface area contributed by atoms with Gasteiger partial charge in [0.05, 0.1) is 12.6 Å². The third-order valence-corrected chi connectivity index (χ3v) is 5.14. The maximum absolute atomic E-state index is 12.4. The summed E-state index contributed by atoms with van der Waals surface area (Å²) in [5.41, 5.74) is 5.79. The molecular formula is C16H30Cl2N6O2S. The average molecular weight is 441 g/mol. The summed E-state index contributed by atoms with van der Waals surface area (Å²) < 4.78 is 4.32. The average Bonchev–Trinajstić information content (AvgIpc) is 2.95. The van der Waals surface area contributed by atoms with Crippen molar-refractivity contribution in [2.45, 2.75) is 39.7 Å². The lowest BCUT2D eigenvalue weighted by Crippen LogP contribution is -2.48. The van der Waals surface area contributed by atoms with E-state index in [9.17, 15) is 9.59 Å². The number of nitrogens with zero attached hydrogens (tertiary/aromatic N) is 4. The highest BCUT2D eigenvalue weighted by atomic mass is 35.5. The summed E-state index contributed by atoms with van der Waals surface area (Å²) in [6, 6.07) is -0.586. The molecule has 2 heterocycles. The van der Waals surface area contributed by atoms with E-state index in [1.807, 2.05) is 20.8 Å². The lowest BCUT2D eigenvalue weighted by molar-refractivity contribution is -0.133. The molecule has 8 nitrogen and oxygen atoms in total. The third kappa shape index (κ3) is 7.40. The van der Waals surface area contributed by atoms with Crippen LogP contribution in [-0.4, -0.2) is 64.8 Å². The van der Waals surface area contributed by atoms with Gasteiger partial charge >= 0.3 is 0 Å². The second-order valence-corrected chi connectivity index (χ2v) is 7.29. The Balaban J connectivity index is 0.00000338. The van der Waals surface area contributed by atoms with E-state index in [2.05, 4.69) is 19.6 Å². The topological polar surface area (TPSA) is 104 Å². The van der Waals surface area contributed by atoms with Crippen LogP contribution < -0.4 is 16.0 Å². The molecule has 0 aliphatic carbocycles. The molecule has 3 N–H and O–H groups in total. The van der Waals surface area contributed by atoms with Crippen molar-refractivity contribution in [1.82, 2.24) is 19.6 Å². The fourth-order valence-corrected chi connectivity index (χ4v) is 3.37. The molecule has 0 unspecified atom stereocenters. The Morgan fingerprint density at radius 1 is 1.22 bits per heavy atom. The molecule has 2 amide bonds. The van der Waals surface area contributed by atoms with Gasteiger partial charge in [0, 0.05) is 44.1 Å². The van der Waals surface area contributed by atoms with E-state index < -0.39 is 6.04 Å². The van der Waals surface area contributed by atoms with Gasteiger partial charge in [-0.2, -0.15) is 4.37 Å². The molecule has 156 valence electrons. The minimum atomic E-state index is -0.586. The highest BCUT2D eigenvalue weighted by Crippen LogP contribution is 2.19. The van der Waals surface area contributed by atoms with Crippen LogP contribution in [0.2, 0.25) is 0 Å². The molecule has 0 radical (unpaired) electrons. The Kier molecular flexibility index (Phi) is 11.8. The van der Waals surface area contributed by atoms with Crippen molar-refractivity contribution in [3.8, 4) is 0 Å².